The summed E-state index contributed by atoms with van der Waals surface area (Å²) >= 11 is 0. The molecule has 1 aromatic carbocycles. The molecule has 0 unspecified atom stereocenters. The molecule has 0 aliphatic heterocycles. The van der Waals surface area contributed by atoms with E-state index in [9.17, 15) is 0 Å². The van der Waals surface area contributed by atoms with Crippen molar-refractivity contribution in [2.24, 2.45) is 5.92 Å². The van der Waals surface area contributed by atoms with E-state index < -0.39 is 0 Å². The standard InChI is InChI=1S/C15H20N2O/c1-4-11-7-5-6-8-12(11)14-13(9-10(2)3)15(16)18-17-14/h5-8,10H,4,9,16H2,1-3H3. The van der Waals surface area contributed by atoms with Crippen molar-refractivity contribution in [1.82, 2.24) is 5.16 Å². The van der Waals surface area contributed by atoms with Crippen LogP contribution in [0, 0.1) is 5.92 Å². The zero-order valence-corrected chi connectivity index (χ0v) is 11.2. The van der Waals surface area contributed by atoms with Gasteiger partial charge in [-0.3, -0.25) is 0 Å². The Balaban J connectivity index is 2.50. The van der Waals surface area contributed by atoms with Crippen LogP contribution in [-0.4, -0.2) is 5.16 Å². The van der Waals surface area contributed by atoms with Crippen LogP contribution in [-0.2, 0) is 12.8 Å². The molecule has 0 spiro atoms. The van der Waals surface area contributed by atoms with Crippen LogP contribution in [0.15, 0.2) is 28.8 Å². The molecule has 0 bridgehead atoms. The summed E-state index contributed by atoms with van der Waals surface area (Å²) in [6, 6.07) is 8.28. The first-order chi connectivity index (χ1) is 8.63. The lowest BCUT2D eigenvalue weighted by Crippen LogP contribution is -1.99. The molecule has 2 aromatic rings. The zero-order valence-electron chi connectivity index (χ0n) is 11.2. The molecule has 0 saturated heterocycles. The van der Waals surface area contributed by atoms with E-state index in [0.29, 0.717) is 11.8 Å². The van der Waals surface area contributed by atoms with E-state index in [2.05, 4.69) is 38.1 Å². The predicted octanol–water partition coefficient (Wildman–Crippen LogP) is 3.68. The summed E-state index contributed by atoms with van der Waals surface area (Å²) in [6.07, 6.45) is 1.87. The summed E-state index contributed by atoms with van der Waals surface area (Å²) in [7, 11) is 0. The normalized spacial score (nSPS) is 11.1. The van der Waals surface area contributed by atoms with Gasteiger partial charge in [0.05, 0.1) is 0 Å². The lowest BCUT2D eigenvalue weighted by molar-refractivity contribution is 0.438. The van der Waals surface area contributed by atoms with Gasteiger partial charge in [0.2, 0.25) is 5.88 Å². The van der Waals surface area contributed by atoms with Gasteiger partial charge < -0.3 is 10.3 Å². The van der Waals surface area contributed by atoms with Crippen LogP contribution in [0.1, 0.15) is 31.9 Å². The highest BCUT2D eigenvalue weighted by atomic mass is 16.5. The first-order valence-corrected chi connectivity index (χ1v) is 6.45. The lowest BCUT2D eigenvalue weighted by Gasteiger charge is -2.08. The number of aromatic nitrogens is 1. The van der Waals surface area contributed by atoms with E-state index in [0.717, 1.165) is 29.7 Å². The average Bonchev–Trinajstić information content (AvgIpc) is 2.70. The fraction of sp³-hybridized carbons (Fsp3) is 0.400. The number of benzene rings is 1. The van der Waals surface area contributed by atoms with Crippen molar-refractivity contribution in [2.75, 3.05) is 5.73 Å². The maximum absolute atomic E-state index is 5.89. The molecule has 3 heteroatoms. The van der Waals surface area contributed by atoms with Gasteiger partial charge >= 0.3 is 0 Å². The molecule has 0 saturated carbocycles. The van der Waals surface area contributed by atoms with Crippen LogP contribution in [0.4, 0.5) is 5.88 Å². The molecule has 0 fully saturated rings. The zero-order chi connectivity index (χ0) is 13.1. The summed E-state index contributed by atoms with van der Waals surface area (Å²) in [5.41, 5.74) is 10.2. The highest BCUT2D eigenvalue weighted by Crippen LogP contribution is 2.31. The summed E-state index contributed by atoms with van der Waals surface area (Å²) in [4.78, 5) is 0. The molecular weight excluding hydrogens is 224 g/mol. The minimum atomic E-state index is 0.449. The Kier molecular flexibility index (Phi) is 3.70. The highest BCUT2D eigenvalue weighted by molar-refractivity contribution is 5.70. The maximum Gasteiger partial charge on any atom is 0.225 e. The van der Waals surface area contributed by atoms with Crippen molar-refractivity contribution in [1.29, 1.82) is 0 Å². The first-order valence-electron chi connectivity index (χ1n) is 6.45. The van der Waals surface area contributed by atoms with Crippen LogP contribution in [0.25, 0.3) is 11.3 Å². The van der Waals surface area contributed by atoms with Crippen LogP contribution in [0.2, 0.25) is 0 Å². The van der Waals surface area contributed by atoms with E-state index in [1.807, 2.05) is 12.1 Å². The third-order valence-corrected chi connectivity index (χ3v) is 3.08. The molecule has 0 amide bonds. The average molecular weight is 244 g/mol. The van der Waals surface area contributed by atoms with E-state index >= 15 is 0 Å². The Bertz CT molecular complexity index is 529. The summed E-state index contributed by atoms with van der Waals surface area (Å²) < 4.78 is 5.18. The van der Waals surface area contributed by atoms with Crippen molar-refractivity contribution in [3.63, 3.8) is 0 Å². The predicted molar refractivity (Wildman–Crippen MR) is 74.3 cm³/mol. The third kappa shape index (κ3) is 2.40. The van der Waals surface area contributed by atoms with Gasteiger partial charge in [-0.1, -0.05) is 50.2 Å². The van der Waals surface area contributed by atoms with Gasteiger partial charge in [0.15, 0.2) is 0 Å². The Morgan fingerprint density at radius 1 is 1.28 bits per heavy atom. The first kappa shape index (κ1) is 12.7. The minimum absolute atomic E-state index is 0.449. The molecule has 3 nitrogen and oxygen atoms in total. The second-order valence-corrected chi connectivity index (χ2v) is 4.98. The SMILES string of the molecule is CCc1ccccc1-c1noc(N)c1CC(C)C. The van der Waals surface area contributed by atoms with Gasteiger partial charge in [0.1, 0.15) is 5.69 Å². The Morgan fingerprint density at radius 3 is 2.67 bits per heavy atom. The Labute approximate surface area is 108 Å². The van der Waals surface area contributed by atoms with E-state index in [-0.39, 0.29) is 0 Å². The fourth-order valence-corrected chi connectivity index (χ4v) is 2.20. The van der Waals surface area contributed by atoms with Crippen LogP contribution < -0.4 is 5.73 Å². The minimum Gasteiger partial charge on any atom is -0.367 e. The smallest absolute Gasteiger partial charge is 0.225 e. The quantitative estimate of drug-likeness (QED) is 0.892. The number of hydrogen-bond acceptors (Lipinski definition) is 3. The lowest BCUT2D eigenvalue weighted by atomic mass is 9.95. The molecule has 96 valence electrons. The van der Waals surface area contributed by atoms with Gasteiger partial charge in [-0.2, -0.15) is 0 Å². The van der Waals surface area contributed by atoms with Crippen LogP contribution >= 0.6 is 0 Å². The topological polar surface area (TPSA) is 52.0 Å². The molecule has 18 heavy (non-hydrogen) atoms. The van der Waals surface area contributed by atoms with Crippen molar-refractivity contribution in [3.05, 3.63) is 35.4 Å². The molecule has 0 radical (unpaired) electrons. The summed E-state index contributed by atoms with van der Waals surface area (Å²) in [5.74, 6) is 0.976. The van der Waals surface area contributed by atoms with Gasteiger partial charge in [0, 0.05) is 11.1 Å². The van der Waals surface area contributed by atoms with Gasteiger partial charge in [0.25, 0.3) is 0 Å². The van der Waals surface area contributed by atoms with Gasteiger partial charge in [-0.25, -0.2) is 0 Å². The number of nitrogen functional groups attached to an aromatic ring is 1. The van der Waals surface area contributed by atoms with Crippen LogP contribution in [0.5, 0.6) is 0 Å². The number of nitrogens with zero attached hydrogens (tertiary/aromatic N) is 1. The Morgan fingerprint density at radius 2 is 2.00 bits per heavy atom. The molecule has 2 N–H and O–H groups in total. The molecule has 0 aliphatic rings. The van der Waals surface area contributed by atoms with Crippen molar-refractivity contribution in [3.8, 4) is 11.3 Å². The third-order valence-electron chi connectivity index (χ3n) is 3.08. The molecule has 0 atom stereocenters. The fourth-order valence-electron chi connectivity index (χ4n) is 2.20. The second kappa shape index (κ2) is 5.25. The molecule has 1 heterocycles. The largest absolute Gasteiger partial charge is 0.367 e. The van der Waals surface area contributed by atoms with Crippen molar-refractivity contribution >= 4 is 5.88 Å². The highest BCUT2D eigenvalue weighted by Gasteiger charge is 2.18. The molecule has 2 rings (SSSR count). The number of rotatable bonds is 4. The van der Waals surface area contributed by atoms with E-state index in [4.69, 9.17) is 10.3 Å². The van der Waals surface area contributed by atoms with Gasteiger partial charge in [-0.05, 0) is 24.3 Å². The Hall–Kier alpha value is -1.77. The van der Waals surface area contributed by atoms with Crippen molar-refractivity contribution < 1.29 is 4.52 Å². The van der Waals surface area contributed by atoms with Gasteiger partial charge in [-0.15, -0.1) is 0 Å². The van der Waals surface area contributed by atoms with Crippen LogP contribution in [0.3, 0.4) is 0 Å². The van der Waals surface area contributed by atoms with E-state index in [1.54, 1.807) is 0 Å². The number of nitrogens with two attached hydrogens (primary N) is 1. The number of hydrogen-bond donors (Lipinski definition) is 1. The molecule has 1 aromatic heterocycles. The molecular formula is C15H20N2O. The summed E-state index contributed by atoms with van der Waals surface area (Å²) in [6.45, 7) is 6.48. The van der Waals surface area contributed by atoms with Crippen molar-refractivity contribution in [2.45, 2.75) is 33.6 Å². The van der Waals surface area contributed by atoms with E-state index in [1.165, 1.54) is 5.56 Å². The monoisotopic (exact) mass is 244 g/mol. The second-order valence-electron chi connectivity index (χ2n) is 4.98. The summed E-state index contributed by atoms with van der Waals surface area (Å²) in [5, 5.41) is 4.15. The molecule has 0 aliphatic carbocycles. The maximum atomic E-state index is 5.89. The number of aryl methyl sites for hydroxylation is 1. The number of anilines is 1.